The number of benzene rings is 3. The first kappa shape index (κ1) is 18.8. The lowest BCUT2D eigenvalue weighted by atomic mass is 10.1. The van der Waals surface area contributed by atoms with Gasteiger partial charge in [-0.1, -0.05) is 48.5 Å². The fourth-order valence-electron chi connectivity index (χ4n) is 3.63. The van der Waals surface area contributed by atoms with Crippen molar-refractivity contribution in [2.75, 3.05) is 12.4 Å². The number of nitrogens with zero attached hydrogens (tertiary/aromatic N) is 3. The van der Waals surface area contributed by atoms with Crippen LogP contribution >= 0.6 is 0 Å². The summed E-state index contributed by atoms with van der Waals surface area (Å²) in [6.07, 6.45) is 5.49. The zero-order chi connectivity index (χ0) is 21.2. The minimum Gasteiger partial charge on any atom is -0.497 e. The van der Waals surface area contributed by atoms with Crippen molar-refractivity contribution in [1.29, 1.82) is 0 Å². The van der Waals surface area contributed by atoms with Gasteiger partial charge in [0.2, 0.25) is 5.91 Å². The van der Waals surface area contributed by atoms with Crippen LogP contribution in [0.5, 0.6) is 5.75 Å². The van der Waals surface area contributed by atoms with Crippen LogP contribution < -0.4 is 10.1 Å². The minimum atomic E-state index is -0.126. The molecule has 0 radical (unpaired) electrons. The number of anilines is 1. The van der Waals surface area contributed by atoms with E-state index in [0.717, 1.165) is 28.0 Å². The number of fused-ring (bicyclic) bond motifs is 2. The molecule has 0 bridgehead atoms. The molecule has 31 heavy (non-hydrogen) atoms. The van der Waals surface area contributed by atoms with Gasteiger partial charge in [0.15, 0.2) is 5.65 Å². The topological polar surface area (TPSA) is 68.5 Å². The van der Waals surface area contributed by atoms with Crippen LogP contribution in [0.3, 0.4) is 0 Å². The van der Waals surface area contributed by atoms with Crippen molar-refractivity contribution in [1.82, 2.24) is 14.4 Å². The van der Waals surface area contributed by atoms with Gasteiger partial charge in [0, 0.05) is 11.8 Å². The predicted octanol–water partition coefficient (Wildman–Crippen LogP) is 4.74. The third-order valence-corrected chi connectivity index (χ3v) is 5.21. The van der Waals surface area contributed by atoms with E-state index in [1.165, 1.54) is 5.39 Å². The number of carbonyl (C=O) groups is 1. The lowest BCUT2D eigenvalue weighted by Gasteiger charge is -2.08. The van der Waals surface area contributed by atoms with Gasteiger partial charge in [-0.2, -0.15) is 0 Å². The Morgan fingerprint density at radius 2 is 1.84 bits per heavy atom. The number of rotatable bonds is 5. The zero-order valence-electron chi connectivity index (χ0n) is 16.9. The summed E-state index contributed by atoms with van der Waals surface area (Å²) in [5, 5.41) is 5.29. The van der Waals surface area contributed by atoms with E-state index in [9.17, 15) is 4.79 Å². The molecule has 5 rings (SSSR count). The number of hydrogen-bond donors (Lipinski definition) is 1. The maximum absolute atomic E-state index is 12.6. The molecule has 6 heteroatoms. The second-order valence-electron chi connectivity index (χ2n) is 7.28. The van der Waals surface area contributed by atoms with Crippen LogP contribution in [-0.4, -0.2) is 27.4 Å². The Labute approximate surface area is 179 Å². The van der Waals surface area contributed by atoms with E-state index < -0.39 is 0 Å². The first-order chi connectivity index (χ1) is 15.2. The van der Waals surface area contributed by atoms with E-state index in [2.05, 4.69) is 45.6 Å². The fraction of sp³-hybridized carbons (Fsp3) is 0.0800. The zero-order valence-corrected chi connectivity index (χ0v) is 16.9. The Bertz CT molecular complexity index is 1410. The first-order valence-electron chi connectivity index (χ1n) is 9.95. The van der Waals surface area contributed by atoms with Crippen molar-refractivity contribution in [2.24, 2.45) is 0 Å². The SMILES string of the molecule is COc1cccc(CC(=O)Nc2cnc3cnc(-c4ccc5ccccc5c4)cn23)c1. The van der Waals surface area contributed by atoms with Gasteiger partial charge in [-0.15, -0.1) is 0 Å². The summed E-state index contributed by atoms with van der Waals surface area (Å²) in [4.78, 5) is 21.5. The van der Waals surface area contributed by atoms with Crippen LogP contribution in [0.1, 0.15) is 5.56 Å². The molecule has 1 N–H and O–H groups in total. The standard InChI is InChI=1S/C25H20N4O2/c1-31-21-8-4-5-17(11-21)12-25(30)28-24-15-27-23-14-26-22(16-29(23)24)20-10-9-18-6-2-3-7-19(18)13-20/h2-11,13-16H,12H2,1H3,(H,28,30). The molecular formula is C25H20N4O2. The highest BCUT2D eigenvalue weighted by atomic mass is 16.5. The van der Waals surface area contributed by atoms with Gasteiger partial charge in [0.1, 0.15) is 11.6 Å². The van der Waals surface area contributed by atoms with Gasteiger partial charge in [-0.25, -0.2) is 4.98 Å². The van der Waals surface area contributed by atoms with Crippen LogP contribution in [0.25, 0.3) is 27.7 Å². The molecule has 3 aromatic carbocycles. The quantitative estimate of drug-likeness (QED) is 0.456. The molecule has 152 valence electrons. The maximum atomic E-state index is 12.6. The molecule has 0 fully saturated rings. The second-order valence-corrected chi connectivity index (χ2v) is 7.28. The molecule has 6 nitrogen and oxygen atoms in total. The monoisotopic (exact) mass is 408 g/mol. The molecule has 1 amide bonds. The summed E-state index contributed by atoms with van der Waals surface area (Å²) in [5.41, 5.74) is 3.35. The van der Waals surface area contributed by atoms with Gasteiger partial charge in [0.25, 0.3) is 0 Å². The highest BCUT2D eigenvalue weighted by Crippen LogP contribution is 2.24. The maximum Gasteiger partial charge on any atom is 0.229 e. The van der Waals surface area contributed by atoms with E-state index in [1.807, 2.05) is 47.0 Å². The molecule has 2 aromatic heterocycles. The smallest absolute Gasteiger partial charge is 0.229 e. The van der Waals surface area contributed by atoms with Crippen molar-refractivity contribution in [3.05, 3.63) is 90.9 Å². The van der Waals surface area contributed by atoms with E-state index in [1.54, 1.807) is 19.5 Å². The summed E-state index contributed by atoms with van der Waals surface area (Å²) in [5.74, 6) is 1.21. The van der Waals surface area contributed by atoms with Crippen molar-refractivity contribution in [3.63, 3.8) is 0 Å². The van der Waals surface area contributed by atoms with E-state index in [-0.39, 0.29) is 12.3 Å². The largest absolute Gasteiger partial charge is 0.497 e. The predicted molar refractivity (Wildman–Crippen MR) is 121 cm³/mol. The van der Waals surface area contributed by atoms with Crippen LogP contribution in [0, 0.1) is 0 Å². The highest BCUT2D eigenvalue weighted by molar-refractivity contribution is 5.92. The third-order valence-electron chi connectivity index (χ3n) is 5.21. The third kappa shape index (κ3) is 3.83. The molecule has 0 aliphatic rings. The summed E-state index contributed by atoms with van der Waals surface area (Å²) in [7, 11) is 1.61. The van der Waals surface area contributed by atoms with Crippen LogP contribution in [-0.2, 0) is 11.2 Å². The number of ether oxygens (including phenoxy) is 1. The average Bonchev–Trinajstić information content (AvgIpc) is 3.20. The molecule has 0 spiro atoms. The van der Waals surface area contributed by atoms with Crippen molar-refractivity contribution in [3.8, 4) is 17.0 Å². The van der Waals surface area contributed by atoms with Crippen LogP contribution in [0.2, 0.25) is 0 Å². The van der Waals surface area contributed by atoms with Gasteiger partial charge in [0.05, 0.1) is 31.6 Å². The first-order valence-corrected chi connectivity index (χ1v) is 9.95. The van der Waals surface area contributed by atoms with E-state index >= 15 is 0 Å². The molecule has 5 aromatic rings. The number of hydrogen-bond acceptors (Lipinski definition) is 4. The average molecular weight is 408 g/mol. The van der Waals surface area contributed by atoms with Crippen LogP contribution in [0.15, 0.2) is 85.3 Å². The lowest BCUT2D eigenvalue weighted by Crippen LogP contribution is -2.15. The highest BCUT2D eigenvalue weighted by Gasteiger charge is 2.11. The Morgan fingerprint density at radius 1 is 0.968 bits per heavy atom. The molecule has 0 aliphatic carbocycles. The Hall–Kier alpha value is -4.19. The number of carbonyl (C=O) groups excluding carboxylic acids is 1. The van der Waals surface area contributed by atoms with Gasteiger partial charge < -0.3 is 10.1 Å². The summed E-state index contributed by atoms with van der Waals surface area (Å²) in [6.45, 7) is 0. The molecule has 0 aliphatic heterocycles. The van der Waals surface area contributed by atoms with Crippen LogP contribution in [0.4, 0.5) is 5.82 Å². The molecular weight excluding hydrogens is 388 g/mol. The number of imidazole rings is 1. The molecule has 0 atom stereocenters. The van der Waals surface area contributed by atoms with Gasteiger partial charge >= 0.3 is 0 Å². The number of nitrogens with one attached hydrogen (secondary N) is 1. The van der Waals surface area contributed by atoms with E-state index in [0.29, 0.717) is 11.5 Å². The minimum absolute atomic E-state index is 0.126. The molecule has 0 saturated carbocycles. The molecule has 2 heterocycles. The van der Waals surface area contributed by atoms with Crippen molar-refractivity contribution < 1.29 is 9.53 Å². The number of aromatic nitrogens is 3. The lowest BCUT2D eigenvalue weighted by molar-refractivity contribution is -0.115. The number of methoxy groups -OCH3 is 1. The fourth-order valence-corrected chi connectivity index (χ4v) is 3.63. The molecule has 0 unspecified atom stereocenters. The van der Waals surface area contributed by atoms with Gasteiger partial charge in [-0.3, -0.25) is 14.2 Å². The Kier molecular flexibility index (Phi) is 4.80. The van der Waals surface area contributed by atoms with Crippen molar-refractivity contribution >= 4 is 28.1 Å². The number of amides is 1. The Morgan fingerprint density at radius 3 is 2.71 bits per heavy atom. The summed E-state index contributed by atoms with van der Waals surface area (Å²) in [6, 6.07) is 21.9. The van der Waals surface area contributed by atoms with Crippen molar-refractivity contribution in [2.45, 2.75) is 6.42 Å². The summed E-state index contributed by atoms with van der Waals surface area (Å²) < 4.78 is 7.08. The Balaban J connectivity index is 1.42. The van der Waals surface area contributed by atoms with E-state index in [4.69, 9.17) is 4.74 Å². The second kappa shape index (κ2) is 7.91. The normalized spacial score (nSPS) is 11.0. The van der Waals surface area contributed by atoms with Gasteiger partial charge in [-0.05, 0) is 34.5 Å². The molecule has 0 saturated heterocycles. The summed E-state index contributed by atoms with van der Waals surface area (Å²) >= 11 is 0.